The van der Waals surface area contributed by atoms with Gasteiger partial charge in [-0.05, 0) is 43.2 Å². The number of pyridine rings is 1. The second kappa shape index (κ2) is 7.73. The number of ether oxygens (including phenoxy) is 1. The number of hydrogen-bond acceptors (Lipinski definition) is 5. The Morgan fingerprint density at radius 1 is 1.24 bits per heavy atom. The summed E-state index contributed by atoms with van der Waals surface area (Å²) in [5.74, 6) is -0.387. The van der Waals surface area contributed by atoms with Crippen molar-refractivity contribution in [3.05, 3.63) is 54.4 Å². The fourth-order valence-corrected chi connectivity index (χ4v) is 3.65. The number of hydrogen-bond donors (Lipinski definition) is 2. The summed E-state index contributed by atoms with van der Waals surface area (Å²) in [7, 11) is -3.70. The third-order valence-corrected chi connectivity index (χ3v) is 5.29. The van der Waals surface area contributed by atoms with Crippen molar-refractivity contribution in [3.8, 4) is 0 Å². The van der Waals surface area contributed by atoms with Gasteiger partial charge in [0.2, 0.25) is 10.0 Å². The van der Waals surface area contributed by atoms with Crippen molar-refractivity contribution in [1.82, 2.24) is 9.71 Å². The lowest BCUT2D eigenvalue weighted by atomic mass is 10.2. The molecule has 1 aromatic carbocycles. The van der Waals surface area contributed by atoms with Crippen molar-refractivity contribution in [1.29, 1.82) is 0 Å². The largest absolute Gasteiger partial charge is 0.377 e. The summed E-state index contributed by atoms with van der Waals surface area (Å²) in [5.41, 5.74) is 0.849. The molecule has 1 aliphatic rings. The summed E-state index contributed by atoms with van der Waals surface area (Å²) in [5, 5.41) is 2.70. The molecule has 1 atom stereocenters. The number of carbonyl (C=O) groups is 1. The van der Waals surface area contributed by atoms with E-state index in [2.05, 4.69) is 15.0 Å². The molecular weight excluding hydrogens is 342 g/mol. The van der Waals surface area contributed by atoms with Gasteiger partial charge in [-0.1, -0.05) is 6.07 Å². The van der Waals surface area contributed by atoms with E-state index in [9.17, 15) is 13.2 Å². The molecular formula is C17H19N3O4S. The Bertz CT molecular complexity index is 834. The number of anilines is 1. The molecule has 2 N–H and O–H groups in total. The zero-order valence-electron chi connectivity index (χ0n) is 13.5. The fraction of sp³-hybridized carbons (Fsp3) is 0.294. The highest BCUT2D eigenvalue weighted by Crippen LogP contribution is 2.15. The standard InChI is InChI=1S/C17H19N3O4S/c21-17(20-14-6-8-18-9-7-14)13-3-1-5-16(11-13)25(22,23)19-12-15-4-2-10-24-15/h1,3,5-9,11,15,19H,2,4,10,12H2,(H,18,20,21). The molecule has 1 unspecified atom stereocenters. The second-order valence-corrected chi connectivity index (χ2v) is 7.47. The molecule has 0 aliphatic carbocycles. The van der Waals surface area contributed by atoms with Crippen LogP contribution in [0.15, 0.2) is 53.7 Å². The highest BCUT2D eigenvalue weighted by molar-refractivity contribution is 7.89. The highest BCUT2D eigenvalue weighted by atomic mass is 32.2. The van der Waals surface area contributed by atoms with Crippen molar-refractivity contribution < 1.29 is 17.9 Å². The van der Waals surface area contributed by atoms with Crippen molar-refractivity contribution in [3.63, 3.8) is 0 Å². The van der Waals surface area contributed by atoms with Crippen LogP contribution in [0.25, 0.3) is 0 Å². The zero-order chi connectivity index (χ0) is 17.7. The van der Waals surface area contributed by atoms with Crippen molar-refractivity contribution in [2.75, 3.05) is 18.5 Å². The van der Waals surface area contributed by atoms with E-state index in [0.29, 0.717) is 12.3 Å². The summed E-state index contributed by atoms with van der Waals surface area (Å²) in [6.45, 7) is 0.896. The molecule has 1 aliphatic heterocycles. The van der Waals surface area contributed by atoms with Gasteiger partial charge in [0.05, 0.1) is 11.0 Å². The minimum atomic E-state index is -3.70. The molecule has 0 saturated carbocycles. The Morgan fingerprint density at radius 2 is 2.04 bits per heavy atom. The first kappa shape index (κ1) is 17.5. The first-order chi connectivity index (χ1) is 12.0. The Kier molecular flexibility index (Phi) is 5.42. The molecule has 1 aromatic heterocycles. The van der Waals surface area contributed by atoms with Gasteiger partial charge in [0.25, 0.3) is 5.91 Å². The van der Waals surface area contributed by atoms with E-state index in [0.717, 1.165) is 12.8 Å². The second-order valence-electron chi connectivity index (χ2n) is 5.70. The maximum Gasteiger partial charge on any atom is 0.255 e. The van der Waals surface area contributed by atoms with E-state index in [1.165, 1.54) is 12.1 Å². The van der Waals surface area contributed by atoms with E-state index in [4.69, 9.17) is 4.74 Å². The number of sulfonamides is 1. The molecule has 1 amide bonds. The van der Waals surface area contributed by atoms with Crippen molar-refractivity contribution in [2.45, 2.75) is 23.8 Å². The lowest BCUT2D eigenvalue weighted by Gasteiger charge is -2.12. The van der Waals surface area contributed by atoms with Crippen LogP contribution in [-0.2, 0) is 14.8 Å². The number of benzene rings is 1. The Balaban J connectivity index is 1.70. The van der Waals surface area contributed by atoms with Crippen molar-refractivity contribution in [2.24, 2.45) is 0 Å². The molecule has 2 aromatic rings. The van der Waals surface area contributed by atoms with Crippen molar-refractivity contribution >= 4 is 21.6 Å². The monoisotopic (exact) mass is 361 g/mol. The minimum Gasteiger partial charge on any atom is -0.377 e. The summed E-state index contributed by atoms with van der Waals surface area (Å²) >= 11 is 0. The average molecular weight is 361 g/mol. The van der Waals surface area contributed by atoms with Crippen LogP contribution >= 0.6 is 0 Å². The lowest BCUT2D eigenvalue weighted by molar-refractivity contribution is 0.102. The van der Waals surface area contributed by atoms with E-state index < -0.39 is 10.0 Å². The molecule has 7 nitrogen and oxygen atoms in total. The van der Waals surface area contributed by atoms with Crippen LogP contribution < -0.4 is 10.0 Å². The third kappa shape index (κ3) is 4.62. The van der Waals surface area contributed by atoms with Gasteiger partial charge in [-0.15, -0.1) is 0 Å². The Morgan fingerprint density at radius 3 is 2.76 bits per heavy atom. The topological polar surface area (TPSA) is 97.4 Å². The predicted octanol–water partition coefficient (Wildman–Crippen LogP) is 1.79. The fourth-order valence-electron chi connectivity index (χ4n) is 2.53. The molecule has 1 saturated heterocycles. The molecule has 0 spiro atoms. The van der Waals surface area contributed by atoms with Gasteiger partial charge in [-0.3, -0.25) is 9.78 Å². The minimum absolute atomic E-state index is 0.0490. The number of nitrogens with zero attached hydrogens (tertiary/aromatic N) is 1. The van der Waals surface area contributed by atoms with Crippen LogP contribution in [0.4, 0.5) is 5.69 Å². The van der Waals surface area contributed by atoms with Gasteiger partial charge in [0.15, 0.2) is 0 Å². The maximum atomic E-state index is 12.4. The van der Waals surface area contributed by atoms with Crippen LogP contribution in [-0.4, -0.2) is 38.6 Å². The quantitative estimate of drug-likeness (QED) is 0.817. The van der Waals surface area contributed by atoms with E-state index in [1.54, 1.807) is 36.7 Å². The first-order valence-corrected chi connectivity index (χ1v) is 9.46. The highest BCUT2D eigenvalue weighted by Gasteiger charge is 2.21. The van der Waals surface area contributed by atoms with Gasteiger partial charge in [0.1, 0.15) is 0 Å². The van der Waals surface area contributed by atoms with E-state index in [1.807, 2.05) is 0 Å². The molecule has 8 heteroatoms. The summed E-state index contributed by atoms with van der Waals surface area (Å²) in [6.07, 6.45) is 4.82. The van der Waals surface area contributed by atoms with Crippen LogP contribution in [0.1, 0.15) is 23.2 Å². The third-order valence-electron chi connectivity index (χ3n) is 3.87. The molecule has 0 radical (unpaired) electrons. The molecule has 2 heterocycles. The molecule has 25 heavy (non-hydrogen) atoms. The maximum absolute atomic E-state index is 12.4. The Labute approximate surface area is 146 Å². The van der Waals surface area contributed by atoms with Gasteiger partial charge >= 0.3 is 0 Å². The van der Waals surface area contributed by atoms with E-state index in [-0.39, 0.29) is 29.0 Å². The normalized spacial score (nSPS) is 17.4. The molecule has 3 rings (SSSR count). The SMILES string of the molecule is O=C(Nc1ccncc1)c1cccc(S(=O)(=O)NCC2CCCO2)c1. The molecule has 1 fully saturated rings. The number of carbonyl (C=O) groups excluding carboxylic acids is 1. The molecule has 0 bridgehead atoms. The summed E-state index contributed by atoms with van der Waals surface area (Å²) < 4.78 is 32.8. The number of rotatable bonds is 6. The van der Waals surface area contributed by atoms with Crippen LogP contribution in [0, 0.1) is 0 Å². The lowest BCUT2D eigenvalue weighted by Crippen LogP contribution is -2.32. The van der Waals surface area contributed by atoms with Gasteiger partial charge < -0.3 is 10.1 Å². The van der Waals surface area contributed by atoms with Gasteiger partial charge in [0, 0.05) is 36.8 Å². The number of amides is 1. The summed E-state index contributed by atoms with van der Waals surface area (Å²) in [6, 6.07) is 9.23. The number of aromatic nitrogens is 1. The average Bonchev–Trinajstić information content (AvgIpc) is 3.15. The van der Waals surface area contributed by atoms with Crippen LogP contribution in [0.3, 0.4) is 0 Å². The zero-order valence-corrected chi connectivity index (χ0v) is 14.3. The molecule has 132 valence electrons. The van der Waals surface area contributed by atoms with E-state index >= 15 is 0 Å². The van der Waals surface area contributed by atoms with Crippen LogP contribution in [0.2, 0.25) is 0 Å². The summed E-state index contributed by atoms with van der Waals surface area (Å²) in [4.78, 5) is 16.2. The van der Waals surface area contributed by atoms with Gasteiger partial charge in [-0.2, -0.15) is 0 Å². The smallest absolute Gasteiger partial charge is 0.255 e. The first-order valence-electron chi connectivity index (χ1n) is 7.97. The van der Waals surface area contributed by atoms with Gasteiger partial charge in [-0.25, -0.2) is 13.1 Å². The van der Waals surface area contributed by atoms with Crippen LogP contribution in [0.5, 0.6) is 0 Å². The predicted molar refractivity (Wildman–Crippen MR) is 92.8 cm³/mol. The Hall–Kier alpha value is -2.29. The number of nitrogens with one attached hydrogen (secondary N) is 2.